The highest BCUT2D eigenvalue weighted by Gasteiger charge is 2.52. The number of imide groups is 1. The Balaban J connectivity index is 1.77. The minimum Gasteiger partial charge on any atom is -0.378 e. The van der Waals surface area contributed by atoms with E-state index in [1.54, 1.807) is 22.6 Å². The number of nitrogens with zero attached hydrogens (tertiary/aromatic N) is 4. The molecule has 0 saturated carbocycles. The summed E-state index contributed by atoms with van der Waals surface area (Å²) in [5.41, 5.74) is 1.43. The molecule has 0 spiro atoms. The van der Waals surface area contributed by atoms with Crippen molar-refractivity contribution in [3.8, 4) is 0 Å². The number of amides is 4. The van der Waals surface area contributed by atoms with Gasteiger partial charge in [-0.1, -0.05) is 30.3 Å². The first kappa shape index (κ1) is 18.4. The molecule has 8 heteroatoms. The molecule has 0 N–H and O–H groups in total. The topological polar surface area (TPSA) is 73.2 Å². The van der Waals surface area contributed by atoms with Crippen LogP contribution in [0.1, 0.15) is 5.56 Å². The van der Waals surface area contributed by atoms with Crippen LogP contribution in [0.4, 0.5) is 4.79 Å². The molecule has 8 nitrogen and oxygen atoms in total. The van der Waals surface area contributed by atoms with E-state index in [2.05, 4.69) is 0 Å². The van der Waals surface area contributed by atoms with Gasteiger partial charge >= 0.3 is 6.03 Å². The second kappa shape index (κ2) is 7.20. The Hall–Kier alpha value is -3.00. The minimum absolute atomic E-state index is 0.141. The molecule has 1 aromatic carbocycles. The summed E-state index contributed by atoms with van der Waals surface area (Å²) in [6, 6.07) is 9.30. The summed E-state index contributed by atoms with van der Waals surface area (Å²) in [6.07, 6.45) is 1.69. The number of urea groups is 1. The predicted molar refractivity (Wildman–Crippen MR) is 100 cm³/mol. The molecule has 0 aliphatic carbocycles. The first-order valence-electron chi connectivity index (χ1n) is 9.31. The summed E-state index contributed by atoms with van der Waals surface area (Å²) in [6.45, 7) is 2.43. The number of ether oxygens (including phenoxy) is 1. The lowest BCUT2D eigenvalue weighted by atomic mass is 10.0. The maximum atomic E-state index is 13.2. The predicted octanol–water partition coefficient (Wildman–Crippen LogP) is 0.494. The lowest BCUT2D eigenvalue weighted by Crippen LogP contribution is -2.57. The molecule has 1 atom stereocenters. The third kappa shape index (κ3) is 2.99. The monoisotopic (exact) mass is 383 g/mol. The molecule has 2 saturated heterocycles. The van der Waals surface area contributed by atoms with E-state index in [-0.39, 0.29) is 11.8 Å². The van der Waals surface area contributed by atoms with Gasteiger partial charge in [-0.25, -0.2) is 14.3 Å². The Labute approximate surface area is 163 Å². The lowest BCUT2D eigenvalue weighted by Gasteiger charge is -2.28. The van der Waals surface area contributed by atoms with Crippen molar-refractivity contribution in [2.75, 3.05) is 40.4 Å². The van der Waals surface area contributed by atoms with Gasteiger partial charge in [0.25, 0.3) is 17.6 Å². The highest BCUT2D eigenvalue weighted by molar-refractivity contribution is 6.19. The molecule has 0 radical (unpaired) electrons. The van der Waals surface area contributed by atoms with Crippen LogP contribution in [0.2, 0.25) is 0 Å². The fourth-order valence-corrected chi connectivity index (χ4v) is 3.86. The maximum Gasteiger partial charge on any atom is 0.417 e. The van der Waals surface area contributed by atoms with E-state index in [4.69, 9.17) is 4.74 Å². The number of hydrogen-bond donors (Lipinski definition) is 0. The molecule has 3 aliphatic heterocycles. The van der Waals surface area contributed by atoms with Gasteiger partial charge in [-0.05, 0) is 11.6 Å². The summed E-state index contributed by atoms with van der Waals surface area (Å²) in [5, 5.41) is 0. The summed E-state index contributed by atoms with van der Waals surface area (Å²) in [4.78, 5) is 42.8. The van der Waals surface area contributed by atoms with E-state index in [9.17, 15) is 14.4 Å². The van der Waals surface area contributed by atoms with Crippen molar-refractivity contribution in [2.45, 2.75) is 6.54 Å². The van der Waals surface area contributed by atoms with Gasteiger partial charge in [0.15, 0.2) is 11.6 Å². The number of morpholine rings is 1. The SMILES string of the molecule is CN1C(=O)C2C=C(C(=O)N3CCOCC3)[N+](Cc3ccccc3)=C2N(C)C1=O. The van der Waals surface area contributed by atoms with Crippen LogP contribution >= 0.6 is 0 Å². The Morgan fingerprint density at radius 3 is 2.46 bits per heavy atom. The van der Waals surface area contributed by atoms with Crippen LogP contribution in [-0.2, 0) is 20.9 Å². The fraction of sp³-hybridized carbons (Fsp3) is 0.400. The number of carbonyl (C=O) groups excluding carboxylic acids is 3. The summed E-state index contributed by atoms with van der Waals surface area (Å²) in [5.74, 6) is -0.566. The molecule has 1 aromatic rings. The van der Waals surface area contributed by atoms with Crippen LogP contribution in [0, 0.1) is 5.92 Å². The second-order valence-corrected chi connectivity index (χ2v) is 7.10. The van der Waals surface area contributed by atoms with Gasteiger partial charge in [-0.15, -0.1) is 0 Å². The van der Waals surface area contributed by atoms with Crippen LogP contribution in [0.5, 0.6) is 0 Å². The van der Waals surface area contributed by atoms with Gasteiger partial charge in [-0.2, -0.15) is 4.90 Å². The molecule has 1 unspecified atom stereocenters. The fourth-order valence-electron chi connectivity index (χ4n) is 3.86. The molecule has 0 aromatic heterocycles. The third-order valence-electron chi connectivity index (χ3n) is 5.39. The zero-order valence-electron chi connectivity index (χ0n) is 16.0. The largest absolute Gasteiger partial charge is 0.417 e. The Kier molecular flexibility index (Phi) is 4.72. The lowest BCUT2D eigenvalue weighted by molar-refractivity contribution is -0.491. The standard InChI is InChI=1S/C20H23N4O4/c1-21-17-15(18(25)22(2)20(21)27)12-16(19(26)23-8-10-28-11-9-23)24(17)13-14-6-4-3-5-7-14/h3-7,12,15H,8-11,13H2,1-2H3/q+1. The smallest absolute Gasteiger partial charge is 0.378 e. The number of hydrogen-bond acceptors (Lipinski definition) is 4. The zero-order chi connectivity index (χ0) is 19.8. The van der Waals surface area contributed by atoms with E-state index < -0.39 is 11.9 Å². The third-order valence-corrected chi connectivity index (χ3v) is 5.39. The van der Waals surface area contributed by atoms with Crippen LogP contribution in [0.15, 0.2) is 42.1 Å². The molecule has 2 fully saturated rings. The summed E-state index contributed by atoms with van der Waals surface area (Å²) >= 11 is 0. The van der Waals surface area contributed by atoms with E-state index in [0.29, 0.717) is 44.4 Å². The minimum atomic E-state index is -0.642. The molecule has 4 amide bonds. The van der Waals surface area contributed by atoms with Crippen molar-refractivity contribution in [3.05, 3.63) is 47.7 Å². The Morgan fingerprint density at radius 1 is 1.11 bits per heavy atom. The molecule has 146 valence electrons. The van der Waals surface area contributed by atoms with Gasteiger partial charge in [0, 0.05) is 20.1 Å². The van der Waals surface area contributed by atoms with Crippen LogP contribution < -0.4 is 0 Å². The van der Waals surface area contributed by atoms with Crippen LogP contribution in [-0.4, -0.2) is 83.4 Å². The van der Waals surface area contributed by atoms with E-state index in [1.807, 2.05) is 30.3 Å². The average Bonchev–Trinajstić information content (AvgIpc) is 3.11. The number of amidine groups is 1. The molecule has 4 rings (SSSR count). The van der Waals surface area contributed by atoms with E-state index in [1.165, 1.54) is 11.9 Å². The van der Waals surface area contributed by atoms with Crippen LogP contribution in [0.3, 0.4) is 0 Å². The van der Waals surface area contributed by atoms with Gasteiger partial charge in [0.1, 0.15) is 6.54 Å². The van der Waals surface area contributed by atoms with E-state index >= 15 is 0 Å². The van der Waals surface area contributed by atoms with Crippen LogP contribution in [0.25, 0.3) is 0 Å². The number of rotatable bonds is 3. The molecule has 28 heavy (non-hydrogen) atoms. The van der Waals surface area contributed by atoms with Crippen molar-refractivity contribution >= 4 is 23.7 Å². The average molecular weight is 383 g/mol. The van der Waals surface area contributed by atoms with Crippen molar-refractivity contribution in [2.24, 2.45) is 5.92 Å². The summed E-state index contributed by atoms with van der Waals surface area (Å²) in [7, 11) is 3.11. The highest BCUT2D eigenvalue weighted by Crippen LogP contribution is 2.28. The van der Waals surface area contributed by atoms with Gasteiger partial charge in [0.05, 0.1) is 20.3 Å². The van der Waals surface area contributed by atoms with Crippen molar-refractivity contribution in [3.63, 3.8) is 0 Å². The van der Waals surface area contributed by atoms with Crippen molar-refractivity contribution in [1.29, 1.82) is 0 Å². The van der Waals surface area contributed by atoms with Gasteiger partial charge in [-0.3, -0.25) is 9.59 Å². The molecule has 3 aliphatic rings. The highest BCUT2D eigenvalue weighted by atomic mass is 16.5. The number of fused-ring (bicyclic) bond motifs is 1. The second-order valence-electron chi connectivity index (χ2n) is 7.10. The molecular weight excluding hydrogens is 360 g/mol. The first-order chi connectivity index (χ1) is 13.5. The molecule has 0 bridgehead atoms. The summed E-state index contributed by atoms with van der Waals surface area (Å²) < 4.78 is 7.15. The zero-order valence-corrected chi connectivity index (χ0v) is 16.0. The van der Waals surface area contributed by atoms with Crippen molar-refractivity contribution in [1.82, 2.24) is 14.7 Å². The molecule has 3 heterocycles. The first-order valence-corrected chi connectivity index (χ1v) is 9.31. The van der Waals surface area contributed by atoms with Crippen molar-refractivity contribution < 1.29 is 23.7 Å². The van der Waals surface area contributed by atoms with E-state index in [0.717, 1.165) is 10.5 Å². The maximum absolute atomic E-state index is 13.2. The van der Waals surface area contributed by atoms with Gasteiger partial charge in [0.2, 0.25) is 0 Å². The Morgan fingerprint density at radius 2 is 1.79 bits per heavy atom. The van der Waals surface area contributed by atoms with Gasteiger partial charge < -0.3 is 9.64 Å². The Bertz CT molecular complexity index is 887. The number of carbonyl (C=O) groups is 3. The number of benzene rings is 1. The normalized spacial score (nSPS) is 22.6. The quantitative estimate of drug-likeness (QED) is 0.713. The molecular formula is C20H23N4O4+.